The molecule has 29 heavy (non-hydrogen) atoms. The van der Waals surface area contributed by atoms with Crippen molar-refractivity contribution in [1.29, 1.82) is 0 Å². The lowest BCUT2D eigenvalue weighted by atomic mass is 10.1. The normalized spacial score (nSPS) is 12.6. The fraction of sp³-hybridized carbons (Fsp3) is 0.333. The molecule has 1 aromatic heterocycles. The van der Waals surface area contributed by atoms with E-state index in [4.69, 9.17) is 16.3 Å². The molecular formula is C18H16ClF3N2O5. The minimum absolute atomic E-state index is 0.112. The highest BCUT2D eigenvalue weighted by Gasteiger charge is 2.33. The van der Waals surface area contributed by atoms with Gasteiger partial charge in [0.2, 0.25) is 0 Å². The second-order valence-electron chi connectivity index (χ2n) is 6.32. The van der Waals surface area contributed by atoms with Crippen molar-refractivity contribution in [2.24, 2.45) is 7.05 Å². The number of hydrogen-bond donors (Lipinski definition) is 0. The summed E-state index contributed by atoms with van der Waals surface area (Å²) in [5.74, 6) is -2.47. The molecule has 0 radical (unpaired) electrons. The molecule has 0 bridgehead atoms. The van der Waals surface area contributed by atoms with Crippen LogP contribution in [-0.4, -0.2) is 27.0 Å². The third-order valence-electron chi connectivity index (χ3n) is 4.22. The summed E-state index contributed by atoms with van der Waals surface area (Å²) in [5.41, 5.74) is -4.40. The van der Waals surface area contributed by atoms with Gasteiger partial charge in [-0.1, -0.05) is 0 Å². The van der Waals surface area contributed by atoms with Gasteiger partial charge in [0, 0.05) is 13.1 Å². The Kier molecular flexibility index (Phi) is 6.07. The molecule has 7 nitrogen and oxygen atoms in total. The standard InChI is InChI=1S/C18H16ClF3N2O5/c1-8-5-12(20)13(6-11(8)16(27)29-10(3)9(2)25)24-15(26)7-14(18(19,21)22)23(4)17(24)28/h5-7,10H,1-4H3. The number of carbonyl (C=O) groups excluding carboxylic acids is 2. The van der Waals surface area contributed by atoms with Gasteiger partial charge in [-0.3, -0.25) is 14.2 Å². The van der Waals surface area contributed by atoms with Gasteiger partial charge in [-0.25, -0.2) is 18.5 Å². The fourth-order valence-corrected chi connectivity index (χ4v) is 2.66. The molecule has 1 unspecified atom stereocenters. The van der Waals surface area contributed by atoms with Crippen molar-refractivity contribution in [1.82, 2.24) is 9.13 Å². The largest absolute Gasteiger partial charge is 0.451 e. The highest BCUT2D eigenvalue weighted by atomic mass is 35.5. The summed E-state index contributed by atoms with van der Waals surface area (Å²) in [4.78, 5) is 48.3. The van der Waals surface area contributed by atoms with Gasteiger partial charge in [0.25, 0.3) is 5.56 Å². The van der Waals surface area contributed by atoms with Crippen molar-refractivity contribution < 1.29 is 27.5 Å². The molecule has 0 aliphatic carbocycles. The van der Waals surface area contributed by atoms with Crippen molar-refractivity contribution in [3.05, 3.63) is 61.7 Å². The number of hydrogen-bond acceptors (Lipinski definition) is 5. The van der Waals surface area contributed by atoms with Crippen LogP contribution in [0.1, 0.15) is 35.5 Å². The summed E-state index contributed by atoms with van der Waals surface area (Å²) in [7, 11) is 0.930. The van der Waals surface area contributed by atoms with Crippen molar-refractivity contribution >= 4 is 23.4 Å². The lowest BCUT2D eigenvalue weighted by Gasteiger charge is -2.16. The Morgan fingerprint density at radius 3 is 2.31 bits per heavy atom. The van der Waals surface area contributed by atoms with Crippen LogP contribution in [0.3, 0.4) is 0 Å². The molecule has 0 aliphatic rings. The van der Waals surface area contributed by atoms with E-state index in [0.29, 0.717) is 10.6 Å². The fourth-order valence-electron chi connectivity index (χ4n) is 2.48. The lowest BCUT2D eigenvalue weighted by Crippen LogP contribution is -2.41. The number of nitrogens with zero attached hydrogens (tertiary/aromatic N) is 2. The Morgan fingerprint density at radius 2 is 1.79 bits per heavy atom. The highest BCUT2D eigenvalue weighted by molar-refractivity contribution is 6.21. The van der Waals surface area contributed by atoms with Gasteiger partial charge in [-0.2, -0.15) is 8.78 Å². The highest BCUT2D eigenvalue weighted by Crippen LogP contribution is 2.30. The number of esters is 1. The first kappa shape index (κ1) is 22.4. The van der Waals surface area contributed by atoms with E-state index >= 15 is 0 Å². The number of ketones is 1. The van der Waals surface area contributed by atoms with Gasteiger partial charge in [0.1, 0.15) is 11.5 Å². The first-order valence-corrected chi connectivity index (χ1v) is 8.55. The number of Topliss-reactive ketones (excluding diaryl/α,β-unsaturated/α-hetero) is 1. The average Bonchev–Trinajstić information content (AvgIpc) is 2.58. The summed E-state index contributed by atoms with van der Waals surface area (Å²) in [6.45, 7) is 3.92. The van der Waals surface area contributed by atoms with E-state index in [9.17, 15) is 32.3 Å². The number of ether oxygens (including phenoxy) is 1. The summed E-state index contributed by atoms with van der Waals surface area (Å²) >= 11 is 4.89. The summed E-state index contributed by atoms with van der Waals surface area (Å²) in [6.07, 6.45) is -1.07. The summed E-state index contributed by atoms with van der Waals surface area (Å²) < 4.78 is 46.9. The van der Waals surface area contributed by atoms with Crippen LogP contribution in [0.5, 0.6) is 0 Å². The van der Waals surface area contributed by atoms with Crippen LogP contribution in [0.25, 0.3) is 5.69 Å². The van der Waals surface area contributed by atoms with Crippen LogP contribution in [0.15, 0.2) is 27.8 Å². The van der Waals surface area contributed by atoms with E-state index in [0.717, 1.165) is 19.2 Å². The predicted octanol–water partition coefficient (Wildman–Crippen LogP) is 2.41. The van der Waals surface area contributed by atoms with Crippen molar-refractivity contribution in [3.8, 4) is 5.69 Å². The topological polar surface area (TPSA) is 87.4 Å². The van der Waals surface area contributed by atoms with E-state index in [-0.39, 0.29) is 15.7 Å². The maximum absolute atomic E-state index is 14.5. The van der Waals surface area contributed by atoms with Crippen LogP contribution >= 0.6 is 11.6 Å². The Hall–Kier alpha value is -2.88. The monoisotopic (exact) mass is 432 g/mol. The second-order valence-corrected chi connectivity index (χ2v) is 6.79. The molecule has 1 atom stereocenters. The maximum atomic E-state index is 14.5. The molecular weight excluding hydrogens is 417 g/mol. The predicted molar refractivity (Wildman–Crippen MR) is 97.3 cm³/mol. The number of benzene rings is 1. The molecule has 0 amide bonds. The Morgan fingerprint density at radius 1 is 1.21 bits per heavy atom. The quantitative estimate of drug-likeness (QED) is 0.535. The Labute approximate surface area is 167 Å². The molecule has 1 heterocycles. The van der Waals surface area contributed by atoms with Crippen LogP contribution < -0.4 is 11.2 Å². The zero-order valence-electron chi connectivity index (χ0n) is 15.8. The number of rotatable bonds is 5. The minimum Gasteiger partial charge on any atom is -0.451 e. The molecule has 0 aliphatic heterocycles. The molecule has 0 saturated carbocycles. The first-order valence-electron chi connectivity index (χ1n) is 8.18. The van der Waals surface area contributed by atoms with Gasteiger partial charge in [0.05, 0.1) is 11.3 Å². The van der Waals surface area contributed by atoms with E-state index < -0.39 is 51.7 Å². The average molecular weight is 433 g/mol. The molecule has 11 heteroatoms. The second kappa shape index (κ2) is 7.86. The van der Waals surface area contributed by atoms with Crippen LogP contribution in [0, 0.1) is 12.7 Å². The van der Waals surface area contributed by atoms with Gasteiger partial charge >= 0.3 is 17.0 Å². The Balaban J connectivity index is 2.70. The molecule has 1 aromatic carbocycles. The van der Waals surface area contributed by atoms with E-state index in [1.807, 2.05) is 0 Å². The van der Waals surface area contributed by atoms with E-state index in [1.165, 1.54) is 20.8 Å². The first-order chi connectivity index (χ1) is 13.3. The van der Waals surface area contributed by atoms with Crippen molar-refractivity contribution in [3.63, 3.8) is 0 Å². The number of halogens is 4. The van der Waals surface area contributed by atoms with Crippen molar-refractivity contribution in [2.75, 3.05) is 0 Å². The number of aryl methyl sites for hydroxylation is 1. The van der Waals surface area contributed by atoms with Crippen LogP contribution in [0.4, 0.5) is 13.2 Å². The molecule has 0 saturated heterocycles. The van der Waals surface area contributed by atoms with Crippen molar-refractivity contribution in [2.45, 2.75) is 32.3 Å². The summed E-state index contributed by atoms with van der Waals surface area (Å²) in [5, 5.41) is -4.00. The zero-order chi connectivity index (χ0) is 22.3. The van der Waals surface area contributed by atoms with Crippen LogP contribution in [0.2, 0.25) is 0 Å². The molecule has 2 rings (SSSR count). The zero-order valence-corrected chi connectivity index (χ0v) is 16.5. The van der Waals surface area contributed by atoms with E-state index in [1.54, 1.807) is 0 Å². The van der Waals surface area contributed by atoms with Gasteiger partial charge in [-0.05, 0) is 50.1 Å². The molecule has 2 aromatic rings. The van der Waals surface area contributed by atoms with E-state index in [2.05, 4.69) is 0 Å². The summed E-state index contributed by atoms with van der Waals surface area (Å²) in [6, 6.07) is 2.14. The number of carbonyl (C=O) groups is 2. The minimum atomic E-state index is -4.00. The SMILES string of the molecule is CC(=O)C(C)OC(=O)c1cc(-n2c(=O)cc(C(F)(F)Cl)n(C)c2=O)c(F)cc1C. The van der Waals surface area contributed by atoms with Gasteiger partial charge in [-0.15, -0.1) is 0 Å². The smallest absolute Gasteiger partial charge is 0.363 e. The van der Waals surface area contributed by atoms with Gasteiger partial charge < -0.3 is 4.74 Å². The lowest BCUT2D eigenvalue weighted by molar-refractivity contribution is -0.124. The number of aromatic nitrogens is 2. The third-order valence-corrected chi connectivity index (χ3v) is 4.42. The maximum Gasteiger partial charge on any atom is 0.363 e. The molecule has 0 spiro atoms. The van der Waals surface area contributed by atoms with Gasteiger partial charge in [0.15, 0.2) is 11.9 Å². The third kappa shape index (κ3) is 4.42. The molecule has 156 valence electrons. The van der Waals surface area contributed by atoms with Crippen LogP contribution in [-0.2, 0) is 22.0 Å². The number of alkyl halides is 3. The molecule has 0 N–H and O–H groups in total. The molecule has 0 fully saturated rings. The Bertz CT molecular complexity index is 1120.